The molecule has 12 heavy (non-hydrogen) atoms. The van der Waals surface area contributed by atoms with E-state index in [1.165, 1.54) is 45.3 Å². The van der Waals surface area contributed by atoms with Gasteiger partial charge in [-0.15, -0.1) is 0 Å². The predicted molar refractivity (Wildman–Crippen MR) is 53.4 cm³/mol. The minimum absolute atomic E-state index is 0.970. The fourth-order valence-corrected chi connectivity index (χ4v) is 2.08. The smallest absolute Gasteiger partial charge is 0.000662 e. The van der Waals surface area contributed by atoms with Crippen LogP contribution in [0.15, 0.2) is 0 Å². The normalized spacial score (nSPS) is 26.0. The maximum atomic E-state index is 3.20. The molecule has 1 N–H and O–H groups in total. The van der Waals surface area contributed by atoms with Crippen molar-refractivity contribution in [2.75, 3.05) is 33.7 Å². The average Bonchev–Trinajstić information content (AvgIpc) is 2.05. The Balaban J connectivity index is 2.06. The SMILES string of the molecule is CNCCCC1CCCN(C)C1. The van der Waals surface area contributed by atoms with Crippen LogP contribution in [0.3, 0.4) is 0 Å². The second-order valence-electron chi connectivity index (χ2n) is 4.02. The molecule has 1 saturated heterocycles. The summed E-state index contributed by atoms with van der Waals surface area (Å²) in [6, 6.07) is 0. The van der Waals surface area contributed by atoms with E-state index in [4.69, 9.17) is 0 Å². The highest BCUT2D eigenvalue weighted by Gasteiger charge is 2.15. The number of likely N-dealkylation sites (tertiary alicyclic amines) is 1. The van der Waals surface area contributed by atoms with Gasteiger partial charge < -0.3 is 10.2 Å². The van der Waals surface area contributed by atoms with Crippen LogP contribution in [0.1, 0.15) is 25.7 Å². The highest BCUT2D eigenvalue weighted by molar-refractivity contribution is 4.70. The molecular weight excluding hydrogens is 148 g/mol. The second-order valence-corrected chi connectivity index (χ2v) is 4.02. The minimum Gasteiger partial charge on any atom is -0.320 e. The zero-order valence-electron chi connectivity index (χ0n) is 8.47. The summed E-state index contributed by atoms with van der Waals surface area (Å²) in [6.07, 6.45) is 5.61. The molecule has 1 rings (SSSR count). The van der Waals surface area contributed by atoms with Gasteiger partial charge in [-0.25, -0.2) is 0 Å². The highest BCUT2D eigenvalue weighted by Crippen LogP contribution is 2.19. The van der Waals surface area contributed by atoms with E-state index < -0.39 is 0 Å². The molecule has 0 aromatic heterocycles. The van der Waals surface area contributed by atoms with Crippen LogP contribution >= 0.6 is 0 Å². The Bertz CT molecular complexity index is 114. The van der Waals surface area contributed by atoms with Crippen molar-refractivity contribution < 1.29 is 0 Å². The summed E-state index contributed by atoms with van der Waals surface area (Å²) >= 11 is 0. The fraction of sp³-hybridized carbons (Fsp3) is 1.00. The lowest BCUT2D eigenvalue weighted by Crippen LogP contribution is -2.32. The lowest BCUT2D eigenvalue weighted by molar-refractivity contribution is 0.200. The first-order valence-electron chi connectivity index (χ1n) is 5.16. The third-order valence-corrected chi connectivity index (χ3v) is 2.76. The summed E-state index contributed by atoms with van der Waals surface area (Å²) < 4.78 is 0. The molecule has 1 atom stereocenters. The first-order valence-corrected chi connectivity index (χ1v) is 5.16. The predicted octanol–water partition coefficient (Wildman–Crippen LogP) is 1.33. The summed E-state index contributed by atoms with van der Waals surface area (Å²) in [5, 5.41) is 3.20. The number of piperidine rings is 1. The molecule has 2 nitrogen and oxygen atoms in total. The molecule has 0 aromatic rings. The summed E-state index contributed by atoms with van der Waals surface area (Å²) in [6.45, 7) is 3.81. The van der Waals surface area contributed by atoms with E-state index in [9.17, 15) is 0 Å². The minimum atomic E-state index is 0.970. The third-order valence-electron chi connectivity index (χ3n) is 2.76. The molecule has 1 aliphatic heterocycles. The molecule has 1 unspecified atom stereocenters. The maximum absolute atomic E-state index is 3.20. The van der Waals surface area contributed by atoms with Crippen molar-refractivity contribution in [3.05, 3.63) is 0 Å². The van der Waals surface area contributed by atoms with Gasteiger partial charge >= 0.3 is 0 Å². The molecule has 0 aromatic carbocycles. The van der Waals surface area contributed by atoms with Gasteiger partial charge in [0.05, 0.1) is 0 Å². The molecule has 1 fully saturated rings. The number of nitrogens with one attached hydrogen (secondary N) is 1. The monoisotopic (exact) mass is 170 g/mol. The number of nitrogens with zero attached hydrogens (tertiary/aromatic N) is 1. The van der Waals surface area contributed by atoms with Crippen LogP contribution in [-0.4, -0.2) is 38.6 Å². The van der Waals surface area contributed by atoms with E-state index in [0.29, 0.717) is 0 Å². The van der Waals surface area contributed by atoms with Crippen molar-refractivity contribution in [2.45, 2.75) is 25.7 Å². The fourth-order valence-electron chi connectivity index (χ4n) is 2.08. The van der Waals surface area contributed by atoms with Gasteiger partial charge in [0.1, 0.15) is 0 Å². The molecule has 0 radical (unpaired) electrons. The quantitative estimate of drug-likeness (QED) is 0.640. The van der Waals surface area contributed by atoms with Crippen LogP contribution in [0, 0.1) is 5.92 Å². The second kappa shape index (κ2) is 5.55. The van der Waals surface area contributed by atoms with Gasteiger partial charge in [0, 0.05) is 6.54 Å². The molecule has 72 valence electrons. The van der Waals surface area contributed by atoms with E-state index >= 15 is 0 Å². The molecule has 0 aliphatic carbocycles. The molecule has 1 aliphatic rings. The zero-order chi connectivity index (χ0) is 8.81. The van der Waals surface area contributed by atoms with E-state index in [1.54, 1.807) is 0 Å². The molecule has 0 spiro atoms. The maximum Gasteiger partial charge on any atom is 0.000662 e. The number of rotatable bonds is 4. The molecule has 0 saturated carbocycles. The van der Waals surface area contributed by atoms with Gasteiger partial charge in [-0.3, -0.25) is 0 Å². The summed E-state index contributed by atoms with van der Waals surface area (Å²) in [5.74, 6) is 0.970. The van der Waals surface area contributed by atoms with E-state index in [0.717, 1.165) is 5.92 Å². The van der Waals surface area contributed by atoms with Crippen LogP contribution in [-0.2, 0) is 0 Å². The van der Waals surface area contributed by atoms with Gasteiger partial charge in [-0.05, 0) is 58.8 Å². The number of hydrogen-bond donors (Lipinski definition) is 1. The van der Waals surface area contributed by atoms with Crippen LogP contribution in [0.5, 0.6) is 0 Å². The van der Waals surface area contributed by atoms with Gasteiger partial charge in [0.2, 0.25) is 0 Å². The van der Waals surface area contributed by atoms with E-state index in [2.05, 4.69) is 17.3 Å². The van der Waals surface area contributed by atoms with Crippen molar-refractivity contribution in [3.8, 4) is 0 Å². The third kappa shape index (κ3) is 3.55. The summed E-state index contributed by atoms with van der Waals surface area (Å²) in [5.41, 5.74) is 0. The van der Waals surface area contributed by atoms with Crippen LogP contribution < -0.4 is 5.32 Å². The largest absolute Gasteiger partial charge is 0.320 e. The Kier molecular flexibility index (Phi) is 4.62. The highest BCUT2D eigenvalue weighted by atomic mass is 15.1. The Morgan fingerprint density at radius 2 is 2.33 bits per heavy atom. The van der Waals surface area contributed by atoms with Crippen LogP contribution in [0.25, 0.3) is 0 Å². The van der Waals surface area contributed by atoms with Gasteiger partial charge in [-0.1, -0.05) is 0 Å². The molecule has 0 amide bonds. The zero-order valence-corrected chi connectivity index (χ0v) is 8.47. The Labute approximate surface area is 76.3 Å². The van der Waals surface area contributed by atoms with Gasteiger partial charge in [0.15, 0.2) is 0 Å². The van der Waals surface area contributed by atoms with E-state index in [1.807, 2.05) is 7.05 Å². The molecular formula is C10H22N2. The first-order chi connectivity index (χ1) is 5.83. The first kappa shape index (κ1) is 10.0. The lowest BCUT2D eigenvalue weighted by atomic mass is 9.94. The Morgan fingerprint density at radius 3 is 3.00 bits per heavy atom. The topological polar surface area (TPSA) is 15.3 Å². The average molecular weight is 170 g/mol. The van der Waals surface area contributed by atoms with Crippen molar-refractivity contribution in [2.24, 2.45) is 5.92 Å². The standard InChI is InChI=1S/C10H22N2/c1-11-7-3-5-10-6-4-8-12(2)9-10/h10-11H,3-9H2,1-2H3. The summed E-state index contributed by atoms with van der Waals surface area (Å²) in [7, 11) is 4.28. The van der Waals surface area contributed by atoms with Crippen molar-refractivity contribution in [3.63, 3.8) is 0 Å². The van der Waals surface area contributed by atoms with E-state index in [-0.39, 0.29) is 0 Å². The molecule has 1 heterocycles. The summed E-state index contributed by atoms with van der Waals surface area (Å²) in [4.78, 5) is 2.47. The molecule has 2 heteroatoms. The lowest BCUT2D eigenvalue weighted by Gasteiger charge is -2.29. The van der Waals surface area contributed by atoms with Gasteiger partial charge in [0.25, 0.3) is 0 Å². The van der Waals surface area contributed by atoms with Gasteiger partial charge in [-0.2, -0.15) is 0 Å². The van der Waals surface area contributed by atoms with Crippen LogP contribution in [0.4, 0.5) is 0 Å². The van der Waals surface area contributed by atoms with Crippen molar-refractivity contribution in [1.82, 2.24) is 10.2 Å². The van der Waals surface area contributed by atoms with Crippen molar-refractivity contribution in [1.29, 1.82) is 0 Å². The Hall–Kier alpha value is -0.0800. The Morgan fingerprint density at radius 1 is 1.50 bits per heavy atom. The molecule has 0 bridgehead atoms. The van der Waals surface area contributed by atoms with Crippen LogP contribution in [0.2, 0.25) is 0 Å². The van der Waals surface area contributed by atoms with Crippen molar-refractivity contribution >= 4 is 0 Å². The number of hydrogen-bond acceptors (Lipinski definition) is 2.